The van der Waals surface area contributed by atoms with Crippen LogP contribution in [0.15, 0.2) is 0 Å². The van der Waals surface area contributed by atoms with Gasteiger partial charge in [0.05, 0.1) is 11.6 Å². The molecule has 0 atom stereocenters. The lowest BCUT2D eigenvalue weighted by atomic mass is 10.2. The van der Waals surface area contributed by atoms with Crippen LogP contribution in [-0.2, 0) is 12.9 Å². The molecule has 1 aromatic rings. The van der Waals surface area contributed by atoms with Gasteiger partial charge in [-0.15, -0.1) is 11.6 Å². The lowest BCUT2D eigenvalue weighted by Crippen LogP contribution is -2.32. The maximum atomic E-state index is 5.98. The average molecular weight is 230 g/mol. The summed E-state index contributed by atoms with van der Waals surface area (Å²) in [6, 6.07) is 0.465. The number of nitrogens with zero attached hydrogens (tertiary/aromatic N) is 3. The summed E-state index contributed by atoms with van der Waals surface area (Å²) in [7, 11) is 1.98. The number of rotatable bonds is 4. The Hall–Kier alpha value is -0.700. The van der Waals surface area contributed by atoms with Crippen LogP contribution in [0.4, 0.5) is 5.82 Å². The van der Waals surface area contributed by atoms with E-state index in [9.17, 15) is 0 Å². The fourth-order valence-electron chi connectivity index (χ4n) is 1.97. The molecule has 0 bridgehead atoms. The normalized spacial score (nSPS) is 11.1. The summed E-state index contributed by atoms with van der Waals surface area (Å²) in [5, 5.41) is 4.42. The van der Waals surface area contributed by atoms with E-state index in [0.29, 0.717) is 11.9 Å². The van der Waals surface area contributed by atoms with Crippen molar-refractivity contribution in [3.8, 4) is 0 Å². The van der Waals surface area contributed by atoms with E-state index in [2.05, 4.69) is 30.8 Å². The average Bonchev–Trinajstić information content (AvgIpc) is 2.42. The second-order valence-electron chi connectivity index (χ2n) is 4.02. The van der Waals surface area contributed by atoms with Crippen molar-refractivity contribution in [2.45, 2.75) is 39.6 Å². The molecule has 0 saturated heterocycles. The lowest BCUT2D eigenvalue weighted by molar-refractivity contribution is 0.648. The first kappa shape index (κ1) is 12.4. The van der Waals surface area contributed by atoms with Gasteiger partial charge in [-0.3, -0.25) is 4.68 Å². The van der Waals surface area contributed by atoms with Crippen molar-refractivity contribution in [1.82, 2.24) is 9.78 Å². The van der Waals surface area contributed by atoms with Crippen LogP contribution >= 0.6 is 11.6 Å². The molecule has 0 amide bonds. The van der Waals surface area contributed by atoms with Crippen LogP contribution in [0.25, 0.3) is 0 Å². The number of anilines is 1. The van der Waals surface area contributed by atoms with E-state index in [1.807, 2.05) is 18.7 Å². The molecule has 86 valence electrons. The zero-order valence-electron chi connectivity index (χ0n) is 10.2. The van der Waals surface area contributed by atoms with Gasteiger partial charge in [-0.2, -0.15) is 5.10 Å². The Bertz CT molecular complexity index is 331. The molecule has 0 aliphatic carbocycles. The number of aromatic nitrogens is 2. The summed E-state index contributed by atoms with van der Waals surface area (Å²) in [6.45, 7) is 9.50. The molecule has 1 rings (SSSR count). The molecule has 0 radical (unpaired) electrons. The highest BCUT2D eigenvalue weighted by atomic mass is 35.5. The van der Waals surface area contributed by atoms with E-state index in [-0.39, 0.29) is 0 Å². The highest BCUT2D eigenvalue weighted by Crippen LogP contribution is 2.26. The summed E-state index contributed by atoms with van der Waals surface area (Å²) in [5.74, 6) is 1.68. The maximum Gasteiger partial charge on any atom is 0.131 e. The van der Waals surface area contributed by atoms with Crippen LogP contribution in [0.3, 0.4) is 0 Å². The minimum absolute atomic E-state index is 0.465. The maximum absolute atomic E-state index is 5.98. The molecule has 0 unspecified atom stereocenters. The third kappa shape index (κ3) is 2.28. The summed E-state index contributed by atoms with van der Waals surface area (Å²) >= 11 is 5.98. The van der Waals surface area contributed by atoms with Gasteiger partial charge in [-0.25, -0.2) is 0 Å². The second kappa shape index (κ2) is 4.88. The van der Waals surface area contributed by atoms with Gasteiger partial charge in [0.25, 0.3) is 0 Å². The number of hydrogen-bond donors (Lipinski definition) is 0. The summed E-state index contributed by atoms with van der Waals surface area (Å²) < 4.78 is 1.93. The topological polar surface area (TPSA) is 21.1 Å². The Labute approximate surface area is 97.0 Å². The van der Waals surface area contributed by atoms with E-state index >= 15 is 0 Å². The Morgan fingerprint density at radius 3 is 2.47 bits per heavy atom. The Kier molecular flexibility index (Phi) is 4.03. The van der Waals surface area contributed by atoms with E-state index in [1.165, 1.54) is 0 Å². The monoisotopic (exact) mass is 229 g/mol. The van der Waals surface area contributed by atoms with Crippen molar-refractivity contribution in [2.24, 2.45) is 7.05 Å². The van der Waals surface area contributed by atoms with Gasteiger partial charge in [0, 0.05) is 25.2 Å². The van der Waals surface area contributed by atoms with Crippen molar-refractivity contribution >= 4 is 17.4 Å². The van der Waals surface area contributed by atoms with E-state index in [4.69, 9.17) is 11.6 Å². The minimum Gasteiger partial charge on any atom is -0.354 e. The van der Waals surface area contributed by atoms with Crippen molar-refractivity contribution in [1.29, 1.82) is 0 Å². The molecule has 0 saturated carbocycles. The zero-order valence-corrected chi connectivity index (χ0v) is 11.0. The first-order valence-electron chi connectivity index (χ1n) is 5.38. The third-order valence-corrected chi connectivity index (χ3v) is 2.95. The SMILES string of the molecule is CCN(c1c(CCl)c(C)nn1C)C(C)C. The molecule has 0 aromatic carbocycles. The first-order chi connectivity index (χ1) is 7.02. The van der Waals surface area contributed by atoms with Gasteiger partial charge >= 0.3 is 0 Å². The number of alkyl halides is 1. The number of hydrogen-bond acceptors (Lipinski definition) is 2. The molecular weight excluding hydrogens is 210 g/mol. The van der Waals surface area contributed by atoms with Crippen LogP contribution in [0.2, 0.25) is 0 Å². The molecule has 0 aliphatic heterocycles. The van der Waals surface area contributed by atoms with Gasteiger partial charge < -0.3 is 4.90 Å². The minimum atomic E-state index is 0.465. The second-order valence-corrected chi connectivity index (χ2v) is 4.29. The molecular formula is C11H20ClN3. The fraction of sp³-hybridized carbons (Fsp3) is 0.727. The van der Waals surface area contributed by atoms with Crippen molar-refractivity contribution in [3.05, 3.63) is 11.3 Å². The lowest BCUT2D eigenvalue weighted by Gasteiger charge is -2.28. The first-order valence-corrected chi connectivity index (χ1v) is 5.91. The van der Waals surface area contributed by atoms with E-state index in [1.54, 1.807) is 0 Å². The van der Waals surface area contributed by atoms with Gasteiger partial charge in [0.2, 0.25) is 0 Å². The Morgan fingerprint density at radius 1 is 1.47 bits per heavy atom. The molecule has 0 N–H and O–H groups in total. The van der Waals surface area contributed by atoms with Crippen LogP contribution in [0.1, 0.15) is 32.0 Å². The molecule has 3 nitrogen and oxygen atoms in total. The molecule has 0 fully saturated rings. The molecule has 0 spiro atoms. The molecule has 15 heavy (non-hydrogen) atoms. The smallest absolute Gasteiger partial charge is 0.131 e. The van der Waals surface area contributed by atoms with Crippen molar-refractivity contribution in [2.75, 3.05) is 11.4 Å². The van der Waals surface area contributed by atoms with Crippen LogP contribution < -0.4 is 4.90 Å². The van der Waals surface area contributed by atoms with E-state index in [0.717, 1.165) is 23.6 Å². The number of aryl methyl sites for hydroxylation is 2. The van der Waals surface area contributed by atoms with Gasteiger partial charge in [0.1, 0.15) is 5.82 Å². The van der Waals surface area contributed by atoms with Gasteiger partial charge in [0.15, 0.2) is 0 Å². The largest absolute Gasteiger partial charge is 0.354 e. The summed E-state index contributed by atoms with van der Waals surface area (Å²) in [4.78, 5) is 2.32. The molecule has 1 heterocycles. The Morgan fingerprint density at radius 2 is 2.07 bits per heavy atom. The number of halogens is 1. The molecule has 1 aromatic heterocycles. The zero-order chi connectivity index (χ0) is 11.6. The molecule has 4 heteroatoms. The predicted molar refractivity (Wildman–Crippen MR) is 65.7 cm³/mol. The van der Waals surface area contributed by atoms with Crippen molar-refractivity contribution in [3.63, 3.8) is 0 Å². The predicted octanol–water partition coefficient (Wildman–Crippen LogP) is 2.70. The standard InChI is InChI=1S/C11H20ClN3/c1-6-15(8(2)3)11-10(7-12)9(4)13-14(11)5/h8H,6-7H2,1-5H3. The van der Waals surface area contributed by atoms with Crippen molar-refractivity contribution < 1.29 is 0 Å². The van der Waals surface area contributed by atoms with E-state index < -0.39 is 0 Å². The third-order valence-electron chi connectivity index (χ3n) is 2.68. The Balaban J connectivity index is 3.21. The van der Waals surface area contributed by atoms with Crippen LogP contribution in [0.5, 0.6) is 0 Å². The quantitative estimate of drug-likeness (QED) is 0.741. The van der Waals surface area contributed by atoms with Crippen LogP contribution in [-0.4, -0.2) is 22.4 Å². The van der Waals surface area contributed by atoms with Gasteiger partial charge in [-0.1, -0.05) is 0 Å². The van der Waals surface area contributed by atoms with Gasteiger partial charge in [-0.05, 0) is 27.7 Å². The fourth-order valence-corrected chi connectivity index (χ4v) is 2.28. The summed E-state index contributed by atoms with van der Waals surface area (Å²) in [6.07, 6.45) is 0. The van der Waals surface area contributed by atoms with Crippen LogP contribution in [0, 0.1) is 6.92 Å². The molecule has 0 aliphatic rings. The highest BCUT2D eigenvalue weighted by Gasteiger charge is 2.19. The highest BCUT2D eigenvalue weighted by molar-refractivity contribution is 6.17. The summed E-state index contributed by atoms with van der Waals surface area (Å²) in [5.41, 5.74) is 2.18.